The highest BCUT2D eigenvalue weighted by Crippen LogP contribution is 2.51. The van der Waals surface area contributed by atoms with E-state index < -0.39 is 0 Å². The van der Waals surface area contributed by atoms with E-state index >= 15 is 0 Å². The maximum Gasteiger partial charge on any atom is 0.0540 e. The normalized spacial score (nSPS) is 12.6. The van der Waals surface area contributed by atoms with Crippen LogP contribution in [0.5, 0.6) is 0 Å². The Morgan fingerprint density at radius 1 is 0.424 bits per heavy atom. The van der Waals surface area contributed by atoms with Gasteiger partial charge >= 0.3 is 0 Å². The summed E-state index contributed by atoms with van der Waals surface area (Å²) in [5, 5.41) is 0. The third-order valence-electron chi connectivity index (χ3n) is 11.6. The summed E-state index contributed by atoms with van der Waals surface area (Å²) < 4.78 is 0. The molecular weight excluding hydrogens is 713 g/mol. The molecule has 0 aromatic heterocycles. The standard InChI is InChI=1S/C57H46N2/c1-5-19-41(6-2)42-34-36-47(37-35-42)58(45-20-9-7-10-21-45)55-28-17-14-24-49(55)43-30-32-44(33-31-43)50-25-15-18-29-56(50)59(46-22-11-8-12-23-46)48-38-39-52-51-26-13-16-27-53(51)57(3,4)54(52)40-48/h5-40H,1-2H2,3-4H3/b41-19+. The van der Waals surface area contributed by atoms with Crippen molar-refractivity contribution in [3.05, 3.63) is 248 Å². The topological polar surface area (TPSA) is 6.48 Å². The summed E-state index contributed by atoms with van der Waals surface area (Å²) in [7, 11) is 0. The zero-order chi connectivity index (χ0) is 40.3. The van der Waals surface area contributed by atoms with E-state index in [1.165, 1.54) is 22.3 Å². The fraction of sp³-hybridized carbons (Fsp3) is 0.0526. The number of anilines is 6. The number of nitrogens with zero attached hydrogens (tertiary/aromatic N) is 2. The van der Waals surface area contributed by atoms with Crippen molar-refractivity contribution >= 4 is 39.7 Å². The minimum Gasteiger partial charge on any atom is -0.310 e. The zero-order valence-corrected chi connectivity index (χ0v) is 33.6. The van der Waals surface area contributed by atoms with Crippen molar-refractivity contribution in [3.63, 3.8) is 0 Å². The molecule has 8 aromatic rings. The number of para-hydroxylation sites is 4. The van der Waals surface area contributed by atoms with Crippen LogP contribution < -0.4 is 9.80 Å². The first kappa shape index (κ1) is 37.2. The van der Waals surface area contributed by atoms with Gasteiger partial charge in [-0.05, 0) is 105 Å². The minimum absolute atomic E-state index is 0.104. The Hall–Kier alpha value is -7.42. The Kier molecular flexibility index (Phi) is 9.98. The van der Waals surface area contributed by atoms with Gasteiger partial charge in [-0.3, -0.25) is 0 Å². The number of benzene rings is 8. The van der Waals surface area contributed by atoms with Gasteiger partial charge in [0.15, 0.2) is 0 Å². The second kappa shape index (κ2) is 15.8. The quantitative estimate of drug-likeness (QED) is 0.121. The second-order valence-electron chi connectivity index (χ2n) is 15.5. The Bertz CT molecular complexity index is 2810. The predicted octanol–water partition coefficient (Wildman–Crippen LogP) is 16.0. The molecule has 1 aliphatic carbocycles. The van der Waals surface area contributed by atoms with Gasteiger partial charge in [-0.1, -0.05) is 185 Å². The van der Waals surface area contributed by atoms with Crippen molar-refractivity contribution in [2.24, 2.45) is 0 Å². The Morgan fingerprint density at radius 3 is 1.41 bits per heavy atom. The lowest BCUT2D eigenvalue weighted by molar-refractivity contribution is 0.660. The Morgan fingerprint density at radius 2 is 0.864 bits per heavy atom. The highest BCUT2D eigenvalue weighted by atomic mass is 15.1. The molecule has 0 N–H and O–H groups in total. The first-order valence-corrected chi connectivity index (χ1v) is 20.3. The summed E-state index contributed by atoms with van der Waals surface area (Å²) in [4.78, 5) is 4.74. The van der Waals surface area contributed by atoms with E-state index in [4.69, 9.17) is 0 Å². The Labute approximate surface area is 349 Å². The molecule has 0 radical (unpaired) electrons. The van der Waals surface area contributed by atoms with Crippen molar-refractivity contribution < 1.29 is 0 Å². The minimum atomic E-state index is -0.104. The van der Waals surface area contributed by atoms with Gasteiger partial charge in [0.1, 0.15) is 0 Å². The van der Waals surface area contributed by atoms with E-state index in [0.29, 0.717) is 0 Å². The first-order chi connectivity index (χ1) is 29.0. The molecule has 0 saturated heterocycles. The van der Waals surface area contributed by atoms with Crippen LogP contribution in [0.2, 0.25) is 0 Å². The van der Waals surface area contributed by atoms with Crippen LogP contribution in [0.15, 0.2) is 232 Å². The molecule has 0 amide bonds. The lowest BCUT2D eigenvalue weighted by Crippen LogP contribution is -2.16. The van der Waals surface area contributed by atoms with Crippen molar-refractivity contribution in [3.8, 4) is 33.4 Å². The molecule has 9 rings (SSSR count). The lowest BCUT2D eigenvalue weighted by atomic mass is 9.82. The third-order valence-corrected chi connectivity index (χ3v) is 11.6. The van der Waals surface area contributed by atoms with Crippen molar-refractivity contribution in [2.75, 3.05) is 9.80 Å². The van der Waals surface area contributed by atoms with E-state index in [1.807, 2.05) is 12.2 Å². The summed E-state index contributed by atoms with van der Waals surface area (Å²) in [5.41, 5.74) is 18.6. The molecule has 0 heterocycles. The molecule has 0 unspecified atom stereocenters. The van der Waals surface area contributed by atoms with Gasteiger partial charge < -0.3 is 9.80 Å². The third kappa shape index (κ3) is 6.89. The summed E-state index contributed by atoms with van der Waals surface area (Å²) >= 11 is 0. The van der Waals surface area contributed by atoms with E-state index in [-0.39, 0.29) is 5.41 Å². The molecule has 59 heavy (non-hydrogen) atoms. The van der Waals surface area contributed by atoms with Gasteiger partial charge in [-0.2, -0.15) is 0 Å². The second-order valence-corrected chi connectivity index (χ2v) is 15.5. The van der Waals surface area contributed by atoms with Gasteiger partial charge in [0.2, 0.25) is 0 Å². The van der Waals surface area contributed by atoms with E-state index in [1.54, 1.807) is 6.08 Å². The molecule has 0 spiro atoms. The van der Waals surface area contributed by atoms with Crippen molar-refractivity contribution in [1.82, 2.24) is 0 Å². The smallest absolute Gasteiger partial charge is 0.0540 e. The monoisotopic (exact) mass is 758 g/mol. The van der Waals surface area contributed by atoms with Crippen LogP contribution in [0.3, 0.4) is 0 Å². The summed E-state index contributed by atoms with van der Waals surface area (Å²) in [6, 6.07) is 72.3. The lowest BCUT2D eigenvalue weighted by Gasteiger charge is -2.30. The zero-order valence-electron chi connectivity index (χ0n) is 33.6. The molecule has 0 atom stereocenters. The largest absolute Gasteiger partial charge is 0.310 e. The van der Waals surface area contributed by atoms with Crippen LogP contribution in [0, 0.1) is 0 Å². The molecule has 8 aromatic carbocycles. The molecule has 2 nitrogen and oxygen atoms in total. The van der Waals surface area contributed by atoms with Crippen molar-refractivity contribution in [2.45, 2.75) is 19.3 Å². The SMILES string of the molecule is C=C/C=C(\C=C)c1ccc(N(c2ccccc2)c2ccccc2-c2ccc(-c3ccccc3N(c3ccccc3)c3ccc4c(c3)C(C)(C)c3ccccc3-4)cc2)cc1. The number of hydrogen-bond donors (Lipinski definition) is 0. The number of hydrogen-bond acceptors (Lipinski definition) is 2. The van der Waals surface area contributed by atoms with Crippen LogP contribution in [0.1, 0.15) is 30.5 Å². The summed E-state index contributed by atoms with van der Waals surface area (Å²) in [6.07, 6.45) is 5.66. The molecular formula is C57H46N2. The van der Waals surface area contributed by atoms with Crippen molar-refractivity contribution in [1.29, 1.82) is 0 Å². The molecule has 0 bridgehead atoms. The summed E-state index contributed by atoms with van der Waals surface area (Å²) in [6.45, 7) is 12.6. The number of allylic oxidation sites excluding steroid dienone is 4. The van der Waals surface area contributed by atoms with Gasteiger partial charge in [-0.25, -0.2) is 0 Å². The van der Waals surface area contributed by atoms with Gasteiger partial charge in [-0.15, -0.1) is 0 Å². The molecule has 1 aliphatic rings. The maximum atomic E-state index is 4.01. The van der Waals surface area contributed by atoms with E-state index in [0.717, 1.165) is 67.5 Å². The molecule has 2 heteroatoms. The van der Waals surface area contributed by atoms with Gasteiger partial charge in [0.05, 0.1) is 11.4 Å². The number of rotatable bonds is 11. The van der Waals surface area contributed by atoms with Crippen LogP contribution in [0.4, 0.5) is 34.1 Å². The average Bonchev–Trinajstić information content (AvgIpc) is 3.52. The fourth-order valence-electron chi connectivity index (χ4n) is 8.71. The number of fused-ring (bicyclic) bond motifs is 3. The first-order valence-electron chi connectivity index (χ1n) is 20.3. The highest BCUT2D eigenvalue weighted by Gasteiger charge is 2.36. The van der Waals surface area contributed by atoms with E-state index in [2.05, 4.69) is 237 Å². The molecule has 284 valence electrons. The van der Waals surface area contributed by atoms with Crippen LogP contribution in [-0.2, 0) is 5.41 Å². The van der Waals surface area contributed by atoms with Gasteiger partial charge in [0.25, 0.3) is 0 Å². The maximum absolute atomic E-state index is 4.01. The summed E-state index contributed by atoms with van der Waals surface area (Å²) in [5.74, 6) is 0. The highest BCUT2D eigenvalue weighted by molar-refractivity contribution is 5.93. The van der Waals surface area contributed by atoms with Crippen LogP contribution in [-0.4, -0.2) is 0 Å². The van der Waals surface area contributed by atoms with Crippen LogP contribution >= 0.6 is 0 Å². The molecule has 0 saturated carbocycles. The van der Waals surface area contributed by atoms with E-state index in [9.17, 15) is 0 Å². The van der Waals surface area contributed by atoms with Gasteiger partial charge in [0, 0.05) is 39.3 Å². The molecule has 0 fully saturated rings. The average molecular weight is 759 g/mol. The predicted molar refractivity (Wildman–Crippen MR) is 253 cm³/mol. The Balaban J connectivity index is 1.11. The fourth-order valence-corrected chi connectivity index (χ4v) is 8.71. The van der Waals surface area contributed by atoms with Crippen LogP contribution in [0.25, 0.3) is 39.0 Å². The molecule has 0 aliphatic heterocycles.